The summed E-state index contributed by atoms with van der Waals surface area (Å²) in [6.07, 6.45) is -0.440. The summed E-state index contributed by atoms with van der Waals surface area (Å²) in [6.45, 7) is 1.89. The molecule has 1 fully saturated rings. The fourth-order valence-corrected chi connectivity index (χ4v) is 2.26. The third kappa shape index (κ3) is 4.03. The number of nitrogens with zero attached hydrogens (tertiary/aromatic N) is 2. The van der Waals surface area contributed by atoms with E-state index < -0.39 is 6.10 Å². The lowest BCUT2D eigenvalue weighted by Crippen LogP contribution is -2.45. The molecule has 6 heteroatoms. The van der Waals surface area contributed by atoms with E-state index >= 15 is 0 Å². The van der Waals surface area contributed by atoms with Gasteiger partial charge in [0.25, 0.3) is 0 Å². The molecule has 0 saturated carbocycles. The van der Waals surface area contributed by atoms with Crippen molar-refractivity contribution < 1.29 is 9.53 Å². The standard InChI is InChI=1S/C13H14BrN3O2/c14-11-3-1-2-4-12(11)16-13(18)9-17-5-6-19-10(7-15)8-17/h1-4,10H,5-6,8-9H2,(H,16,18). The van der Waals surface area contributed by atoms with Crippen LogP contribution in [0, 0.1) is 11.3 Å². The maximum atomic E-state index is 11.9. The zero-order valence-electron chi connectivity index (χ0n) is 10.3. The predicted molar refractivity (Wildman–Crippen MR) is 74.6 cm³/mol. The van der Waals surface area contributed by atoms with Crippen LogP contribution in [-0.2, 0) is 9.53 Å². The van der Waals surface area contributed by atoms with E-state index in [1.54, 1.807) is 0 Å². The number of para-hydroxylation sites is 1. The van der Waals surface area contributed by atoms with Crippen molar-refractivity contribution >= 4 is 27.5 Å². The van der Waals surface area contributed by atoms with Gasteiger partial charge in [-0.3, -0.25) is 9.69 Å². The monoisotopic (exact) mass is 323 g/mol. The fourth-order valence-electron chi connectivity index (χ4n) is 1.88. The van der Waals surface area contributed by atoms with Gasteiger partial charge in [-0.2, -0.15) is 5.26 Å². The number of nitriles is 1. The summed E-state index contributed by atoms with van der Waals surface area (Å²) in [5, 5.41) is 11.6. The maximum Gasteiger partial charge on any atom is 0.238 e. The minimum absolute atomic E-state index is 0.0921. The van der Waals surface area contributed by atoms with Gasteiger partial charge in [0.1, 0.15) is 0 Å². The van der Waals surface area contributed by atoms with Crippen LogP contribution in [0.25, 0.3) is 0 Å². The fraction of sp³-hybridized carbons (Fsp3) is 0.385. The first-order valence-electron chi connectivity index (χ1n) is 5.97. The molecule has 0 radical (unpaired) electrons. The second kappa shape index (κ2) is 6.66. The molecule has 0 aromatic heterocycles. The second-order valence-corrected chi connectivity index (χ2v) is 5.11. The van der Waals surface area contributed by atoms with Crippen molar-refractivity contribution in [2.24, 2.45) is 0 Å². The first-order valence-corrected chi connectivity index (χ1v) is 6.76. The number of halogens is 1. The van der Waals surface area contributed by atoms with Gasteiger partial charge in [-0.1, -0.05) is 12.1 Å². The van der Waals surface area contributed by atoms with E-state index in [4.69, 9.17) is 10.00 Å². The number of amides is 1. The van der Waals surface area contributed by atoms with Crippen LogP contribution in [0.15, 0.2) is 28.7 Å². The summed E-state index contributed by atoms with van der Waals surface area (Å²) >= 11 is 3.38. The van der Waals surface area contributed by atoms with Crippen LogP contribution in [-0.4, -0.2) is 43.2 Å². The average Bonchev–Trinajstić information content (AvgIpc) is 2.41. The SMILES string of the molecule is N#CC1CN(CC(=O)Nc2ccccc2Br)CCO1. The Kier molecular flexibility index (Phi) is 4.91. The molecular formula is C13H14BrN3O2. The highest BCUT2D eigenvalue weighted by Crippen LogP contribution is 2.21. The Labute approximate surface area is 120 Å². The Bertz CT molecular complexity index is 501. The minimum atomic E-state index is -0.440. The van der Waals surface area contributed by atoms with Crippen LogP contribution in [0.2, 0.25) is 0 Å². The molecule has 1 saturated heterocycles. The number of nitrogens with one attached hydrogen (secondary N) is 1. The van der Waals surface area contributed by atoms with Crippen LogP contribution >= 0.6 is 15.9 Å². The van der Waals surface area contributed by atoms with Crippen LogP contribution in [0.4, 0.5) is 5.69 Å². The molecule has 1 aliphatic rings. The molecule has 0 bridgehead atoms. The highest BCUT2D eigenvalue weighted by atomic mass is 79.9. The third-order valence-electron chi connectivity index (χ3n) is 2.81. The molecule has 100 valence electrons. The van der Waals surface area contributed by atoms with Crippen LogP contribution in [0.1, 0.15) is 0 Å². The first-order chi connectivity index (χ1) is 9.19. The quantitative estimate of drug-likeness (QED) is 0.917. The Hall–Kier alpha value is -1.42. The number of hydrogen-bond donors (Lipinski definition) is 1. The molecule has 0 aliphatic carbocycles. The molecule has 1 heterocycles. The van der Waals surface area contributed by atoms with E-state index in [1.807, 2.05) is 29.2 Å². The average molecular weight is 324 g/mol. The van der Waals surface area contributed by atoms with E-state index in [1.165, 1.54) is 0 Å². The second-order valence-electron chi connectivity index (χ2n) is 4.25. The van der Waals surface area contributed by atoms with Crippen molar-refractivity contribution in [3.63, 3.8) is 0 Å². The number of ether oxygens (including phenoxy) is 1. The van der Waals surface area contributed by atoms with Gasteiger partial charge in [-0.05, 0) is 28.1 Å². The molecule has 1 atom stereocenters. The lowest BCUT2D eigenvalue weighted by molar-refractivity contribution is -0.118. The Balaban J connectivity index is 1.88. The van der Waals surface area contributed by atoms with E-state index in [0.717, 1.165) is 10.2 Å². The maximum absolute atomic E-state index is 11.9. The zero-order chi connectivity index (χ0) is 13.7. The van der Waals surface area contributed by atoms with Crippen molar-refractivity contribution in [1.82, 2.24) is 4.90 Å². The van der Waals surface area contributed by atoms with Crippen molar-refractivity contribution in [1.29, 1.82) is 5.26 Å². The van der Waals surface area contributed by atoms with Crippen molar-refractivity contribution in [3.05, 3.63) is 28.7 Å². The Morgan fingerprint density at radius 1 is 1.58 bits per heavy atom. The summed E-state index contributed by atoms with van der Waals surface area (Å²) in [5.74, 6) is -0.0921. The van der Waals surface area contributed by atoms with Crippen LogP contribution < -0.4 is 5.32 Å². The summed E-state index contributed by atoms with van der Waals surface area (Å²) in [7, 11) is 0. The van der Waals surface area contributed by atoms with Crippen molar-refractivity contribution in [3.8, 4) is 6.07 Å². The van der Waals surface area contributed by atoms with E-state index in [2.05, 4.69) is 27.3 Å². The number of carbonyl (C=O) groups is 1. The normalized spacial score (nSPS) is 19.7. The lowest BCUT2D eigenvalue weighted by atomic mass is 10.3. The number of anilines is 1. The van der Waals surface area contributed by atoms with Crippen molar-refractivity contribution in [2.45, 2.75) is 6.10 Å². The van der Waals surface area contributed by atoms with E-state index in [0.29, 0.717) is 19.7 Å². The lowest BCUT2D eigenvalue weighted by Gasteiger charge is -2.28. The number of rotatable bonds is 3. The summed E-state index contributed by atoms with van der Waals surface area (Å²) in [4.78, 5) is 13.9. The summed E-state index contributed by atoms with van der Waals surface area (Å²) < 4.78 is 6.08. The number of benzene rings is 1. The van der Waals surface area contributed by atoms with Gasteiger partial charge in [0.2, 0.25) is 5.91 Å². The number of morpholine rings is 1. The number of hydrogen-bond acceptors (Lipinski definition) is 4. The van der Waals surface area contributed by atoms with Crippen molar-refractivity contribution in [2.75, 3.05) is 31.6 Å². The topological polar surface area (TPSA) is 65.4 Å². The third-order valence-corrected chi connectivity index (χ3v) is 3.50. The molecule has 2 rings (SSSR count). The minimum Gasteiger partial charge on any atom is -0.361 e. The van der Waals surface area contributed by atoms with Crippen LogP contribution in [0.5, 0.6) is 0 Å². The Morgan fingerprint density at radius 2 is 2.37 bits per heavy atom. The largest absolute Gasteiger partial charge is 0.361 e. The molecule has 1 amide bonds. The summed E-state index contributed by atoms with van der Waals surface area (Å²) in [5.41, 5.74) is 0.748. The Morgan fingerprint density at radius 3 is 3.11 bits per heavy atom. The predicted octanol–water partition coefficient (Wildman–Crippen LogP) is 1.61. The molecular weight excluding hydrogens is 310 g/mol. The van der Waals surface area contributed by atoms with Gasteiger partial charge in [-0.15, -0.1) is 0 Å². The highest BCUT2D eigenvalue weighted by molar-refractivity contribution is 9.10. The molecule has 0 spiro atoms. The molecule has 1 aromatic rings. The van der Waals surface area contributed by atoms with Crippen LogP contribution in [0.3, 0.4) is 0 Å². The molecule has 19 heavy (non-hydrogen) atoms. The van der Waals surface area contributed by atoms with Gasteiger partial charge < -0.3 is 10.1 Å². The van der Waals surface area contributed by atoms with Gasteiger partial charge in [-0.25, -0.2) is 0 Å². The van der Waals surface area contributed by atoms with Gasteiger partial charge in [0, 0.05) is 17.6 Å². The van der Waals surface area contributed by atoms with Gasteiger partial charge in [0.15, 0.2) is 6.10 Å². The zero-order valence-corrected chi connectivity index (χ0v) is 11.9. The molecule has 1 unspecified atom stereocenters. The first kappa shape index (κ1) is 14.0. The van der Waals surface area contributed by atoms with Gasteiger partial charge >= 0.3 is 0 Å². The molecule has 1 aliphatic heterocycles. The molecule has 1 N–H and O–H groups in total. The number of carbonyl (C=O) groups excluding carboxylic acids is 1. The van der Waals surface area contributed by atoms with Gasteiger partial charge in [0.05, 0.1) is 24.9 Å². The van der Waals surface area contributed by atoms with E-state index in [-0.39, 0.29) is 12.5 Å². The smallest absolute Gasteiger partial charge is 0.238 e. The summed E-state index contributed by atoms with van der Waals surface area (Å²) in [6, 6.07) is 9.52. The highest BCUT2D eigenvalue weighted by Gasteiger charge is 2.21. The van der Waals surface area contributed by atoms with E-state index in [9.17, 15) is 4.79 Å². The molecule has 5 nitrogen and oxygen atoms in total. The molecule has 1 aromatic carbocycles.